The van der Waals surface area contributed by atoms with E-state index in [0.717, 1.165) is 0 Å². The van der Waals surface area contributed by atoms with E-state index in [2.05, 4.69) is 13.2 Å². The molecule has 0 unspecified atom stereocenters. The van der Waals surface area contributed by atoms with Crippen LogP contribution in [0.3, 0.4) is 0 Å². The van der Waals surface area contributed by atoms with E-state index in [0.29, 0.717) is 12.8 Å². The lowest BCUT2D eigenvalue weighted by Gasteiger charge is -2.33. The Kier molecular flexibility index (Phi) is 4.21. The van der Waals surface area contributed by atoms with Crippen molar-refractivity contribution in [3.8, 4) is 0 Å². The Morgan fingerprint density at radius 2 is 1.78 bits per heavy atom. The molecule has 1 amide bonds. The first-order valence-corrected chi connectivity index (χ1v) is 5.58. The number of alkyl halides is 3. The highest BCUT2D eigenvalue weighted by Crippen LogP contribution is 2.41. The summed E-state index contributed by atoms with van der Waals surface area (Å²) in [6.45, 7) is 6.65. The second-order valence-corrected chi connectivity index (χ2v) is 4.43. The van der Waals surface area contributed by atoms with Crippen LogP contribution in [0, 0.1) is 11.8 Å². The molecule has 1 fully saturated rings. The number of carbonyl (C=O) groups is 1. The summed E-state index contributed by atoms with van der Waals surface area (Å²) in [5.74, 6) is -2.75. The largest absolute Gasteiger partial charge is 0.471 e. The maximum atomic E-state index is 12.1. The van der Waals surface area contributed by atoms with Crippen molar-refractivity contribution in [3.05, 3.63) is 25.3 Å². The predicted octanol–water partition coefficient (Wildman–Crippen LogP) is 1.79. The summed E-state index contributed by atoms with van der Waals surface area (Å²) in [4.78, 5) is 10.8. The molecule has 0 heterocycles. The first-order valence-electron chi connectivity index (χ1n) is 5.58. The smallest absolute Gasteiger partial charge is 0.387 e. The summed E-state index contributed by atoms with van der Waals surface area (Å²) in [6.07, 6.45) is -0.716. The molecule has 0 aromatic heterocycles. The molecule has 0 saturated heterocycles. The first kappa shape index (κ1) is 14.8. The van der Waals surface area contributed by atoms with Gasteiger partial charge in [0.2, 0.25) is 0 Å². The standard InChI is InChI=1S/C12H16F3NO2/c1-3-8-5-6-9(4-2)11(8,18)7-16-10(17)12(13,14)15/h3-4,8-9,18H,1-2,5-7H2,(H,16,17)/t8-,9-/m0/s1. The third-order valence-corrected chi connectivity index (χ3v) is 3.43. The third-order valence-electron chi connectivity index (χ3n) is 3.43. The zero-order chi connectivity index (χ0) is 14.0. The monoisotopic (exact) mass is 263 g/mol. The maximum Gasteiger partial charge on any atom is 0.471 e. The Labute approximate surface area is 103 Å². The lowest BCUT2D eigenvalue weighted by Crippen LogP contribution is -2.51. The van der Waals surface area contributed by atoms with Crippen molar-refractivity contribution in [1.29, 1.82) is 0 Å². The fourth-order valence-corrected chi connectivity index (χ4v) is 2.36. The zero-order valence-electron chi connectivity index (χ0n) is 9.83. The van der Waals surface area contributed by atoms with Gasteiger partial charge in [0.1, 0.15) is 0 Å². The Morgan fingerprint density at radius 1 is 1.33 bits per heavy atom. The molecule has 0 aliphatic heterocycles. The van der Waals surface area contributed by atoms with Gasteiger partial charge in [-0.15, -0.1) is 13.2 Å². The van der Waals surface area contributed by atoms with E-state index in [9.17, 15) is 23.1 Å². The van der Waals surface area contributed by atoms with Crippen LogP contribution >= 0.6 is 0 Å². The van der Waals surface area contributed by atoms with E-state index in [1.165, 1.54) is 12.2 Å². The lowest BCUT2D eigenvalue weighted by atomic mass is 9.84. The van der Waals surface area contributed by atoms with E-state index in [-0.39, 0.29) is 11.8 Å². The van der Waals surface area contributed by atoms with Crippen molar-refractivity contribution in [3.63, 3.8) is 0 Å². The van der Waals surface area contributed by atoms with Crippen molar-refractivity contribution in [2.75, 3.05) is 6.54 Å². The fraction of sp³-hybridized carbons (Fsp3) is 0.583. The van der Waals surface area contributed by atoms with Crippen LogP contribution in [0.2, 0.25) is 0 Å². The van der Waals surface area contributed by atoms with Crippen molar-refractivity contribution in [1.82, 2.24) is 5.32 Å². The molecule has 102 valence electrons. The Morgan fingerprint density at radius 3 is 2.11 bits per heavy atom. The molecule has 18 heavy (non-hydrogen) atoms. The number of carbonyl (C=O) groups excluding carboxylic acids is 1. The molecule has 1 aliphatic rings. The van der Waals surface area contributed by atoms with Crippen molar-refractivity contribution in [2.24, 2.45) is 11.8 Å². The molecule has 0 aromatic carbocycles. The molecule has 0 spiro atoms. The average Bonchev–Trinajstić information content (AvgIpc) is 2.61. The minimum Gasteiger partial charge on any atom is -0.387 e. The summed E-state index contributed by atoms with van der Waals surface area (Å²) in [6, 6.07) is 0. The molecule has 0 bridgehead atoms. The number of nitrogens with one attached hydrogen (secondary N) is 1. The molecular weight excluding hydrogens is 247 g/mol. The van der Waals surface area contributed by atoms with Crippen LogP contribution in [-0.2, 0) is 4.79 Å². The minimum atomic E-state index is -4.94. The predicted molar refractivity (Wildman–Crippen MR) is 60.6 cm³/mol. The van der Waals surface area contributed by atoms with E-state index in [1.807, 2.05) is 0 Å². The van der Waals surface area contributed by atoms with Crippen LogP contribution in [0.5, 0.6) is 0 Å². The molecule has 6 heteroatoms. The number of rotatable bonds is 4. The topological polar surface area (TPSA) is 49.3 Å². The SMILES string of the molecule is C=C[C@H]1CC[C@H](C=C)C1(O)CNC(=O)C(F)(F)F. The van der Waals surface area contributed by atoms with E-state index in [4.69, 9.17) is 0 Å². The van der Waals surface area contributed by atoms with Gasteiger partial charge < -0.3 is 10.4 Å². The highest BCUT2D eigenvalue weighted by molar-refractivity contribution is 5.81. The average molecular weight is 263 g/mol. The quantitative estimate of drug-likeness (QED) is 0.760. The van der Waals surface area contributed by atoms with Gasteiger partial charge in [0, 0.05) is 18.4 Å². The van der Waals surface area contributed by atoms with Crippen molar-refractivity contribution >= 4 is 5.91 Å². The number of hydrogen-bond acceptors (Lipinski definition) is 2. The molecule has 2 atom stereocenters. The van der Waals surface area contributed by atoms with Gasteiger partial charge in [0.15, 0.2) is 0 Å². The molecule has 0 aromatic rings. The highest BCUT2D eigenvalue weighted by Gasteiger charge is 2.48. The summed E-state index contributed by atoms with van der Waals surface area (Å²) >= 11 is 0. The van der Waals surface area contributed by atoms with Crippen LogP contribution in [0.1, 0.15) is 12.8 Å². The van der Waals surface area contributed by atoms with E-state index >= 15 is 0 Å². The normalized spacial score (nSPS) is 26.7. The molecule has 3 nitrogen and oxygen atoms in total. The van der Waals surface area contributed by atoms with E-state index in [1.54, 1.807) is 5.32 Å². The number of halogens is 3. The summed E-state index contributed by atoms with van der Waals surface area (Å²) in [5, 5.41) is 12.1. The van der Waals surface area contributed by atoms with Crippen LogP contribution in [-0.4, -0.2) is 29.3 Å². The molecule has 1 saturated carbocycles. The minimum absolute atomic E-state index is 0.353. The van der Waals surface area contributed by atoms with Gasteiger partial charge in [-0.2, -0.15) is 13.2 Å². The Bertz CT molecular complexity index is 336. The number of amides is 1. The second-order valence-electron chi connectivity index (χ2n) is 4.43. The fourth-order valence-electron chi connectivity index (χ4n) is 2.36. The molecule has 2 N–H and O–H groups in total. The van der Waals surface area contributed by atoms with Gasteiger partial charge in [0.25, 0.3) is 0 Å². The van der Waals surface area contributed by atoms with Gasteiger partial charge in [-0.25, -0.2) is 0 Å². The van der Waals surface area contributed by atoms with Gasteiger partial charge in [-0.1, -0.05) is 12.2 Å². The molecular formula is C12H16F3NO2. The van der Waals surface area contributed by atoms with E-state index < -0.39 is 24.2 Å². The van der Waals surface area contributed by atoms with Gasteiger partial charge in [-0.3, -0.25) is 4.79 Å². The summed E-state index contributed by atoms with van der Waals surface area (Å²) < 4.78 is 36.2. The maximum absolute atomic E-state index is 12.1. The Balaban J connectivity index is 2.75. The Hall–Kier alpha value is -1.30. The summed E-state index contributed by atoms with van der Waals surface area (Å²) in [5.41, 5.74) is -1.44. The first-order chi connectivity index (χ1) is 8.25. The van der Waals surface area contributed by atoms with Crippen LogP contribution in [0.25, 0.3) is 0 Å². The number of hydrogen-bond donors (Lipinski definition) is 2. The molecule has 1 aliphatic carbocycles. The molecule has 1 rings (SSSR count). The summed E-state index contributed by atoms with van der Waals surface area (Å²) in [7, 11) is 0. The van der Waals surface area contributed by atoms with Crippen molar-refractivity contribution in [2.45, 2.75) is 24.6 Å². The second kappa shape index (κ2) is 5.14. The van der Waals surface area contributed by atoms with Gasteiger partial charge >= 0.3 is 12.1 Å². The zero-order valence-corrected chi connectivity index (χ0v) is 9.83. The highest BCUT2D eigenvalue weighted by atomic mass is 19.4. The van der Waals surface area contributed by atoms with Gasteiger partial charge in [0.05, 0.1) is 5.60 Å². The lowest BCUT2D eigenvalue weighted by molar-refractivity contribution is -0.175. The third kappa shape index (κ3) is 2.75. The van der Waals surface area contributed by atoms with Crippen molar-refractivity contribution < 1.29 is 23.1 Å². The van der Waals surface area contributed by atoms with Gasteiger partial charge in [-0.05, 0) is 12.8 Å². The number of aliphatic hydroxyl groups is 1. The van der Waals surface area contributed by atoms with Crippen LogP contribution in [0.4, 0.5) is 13.2 Å². The molecule has 0 radical (unpaired) electrons. The van der Waals surface area contributed by atoms with Crippen LogP contribution in [0.15, 0.2) is 25.3 Å². The van der Waals surface area contributed by atoms with Crippen LogP contribution < -0.4 is 5.32 Å².